The van der Waals surface area contributed by atoms with Crippen LogP contribution in [0.1, 0.15) is 32.1 Å². The van der Waals surface area contributed by atoms with Crippen LogP contribution in [-0.2, 0) is 52.2 Å². The molecule has 11 N–H and O–H groups in total. The van der Waals surface area contributed by atoms with E-state index in [1.54, 1.807) is 14.9 Å². The molecule has 0 aromatic carbocycles. The van der Waals surface area contributed by atoms with Crippen LogP contribution < -0.4 is 15.7 Å². The third-order valence-electron chi connectivity index (χ3n) is 8.24. The molecular formula is C30H50N7O19P. The number of nitrogens with zero attached hydrogens (tertiary/aromatic N) is 4. The summed E-state index contributed by atoms with van der Waals surface area (Å²) in [6, 6.07) is -5.17. The van der Waals surface area contributed by atoms with Crippen molar-refractivity contribution in [3.63, 3.8) is 0 Å². The van der Waals surface area contributed by atoms with Crippen LogP contribution in [0.25, 0.3) is 0 Å². The average Bonchev–Trinajstić information content (AvgIpc) is 3.07. The summed E-state index contributed by atoms with van der Waals surface area (Å²) in [5, 5.41) is 71.3. The SMILES string of the molecule is O=C(O)CC[C@H](NP(=O)(O)OCC[C@H](NC(=O)CC[C@@H](NC(=O)CN1CCN(CC(=O)O)CCN(CC(=O)O)CCN(CC(=O)O)CC1)C(=O)O)C(=O)O)C(=O)O. The van der Waals surface area contributed by atoms with Gasteiger partial charge in [-0.2, -0.15) is 0 Å². The predicted octanol–water partition coefficient (Wildman–Crippen LogP) is -4.20. The van der Waals surface area contributed by atoms with Crippen molar-refractivity contribution in [2.24, 2.45) is 0 Å². The molecule has 0 aromatic heterocycles. The maximum absolute atomic E-state index is 13.1. The maximum Gasteiger partial charge on any atom is 0.403 e. The zero-order valence-electron chi connectivity index (χ0n) is 30.8. The van der Waals surface area contributed by atoms with E-state index < -0.39 is 138 Å². The van der Waals surface area contributed by atoms with Crippen molar-refractivity contribution < 1.29 is 92.9 Å². The normalized spacial score (nSPS) is 18.0. The largest absolute Gasteiger partial charge is 0.481 e. The van der Waals surface area contributed by atoms with E-state index in [1.807, 2.05) is 0 Å². The summed E-state index contributed by atoms with van der Waals surface area (Å²) >= 11 is 0. The van der Waals surface area contributed by atoms with Gasteiger partial charge < -0.3 is 51.3 Å². The van der Waals surface area contributed by atoms with E-state index in [0.29, 0.717) is 0 Å². The Morgan fingerprint density at radius 2 is 0.842 bits per heavy atom. The Balaban J connectivity index is 2.88. The van der Waals surface area contributed by atoms with Crippen LogP contribution in [0.3, 0.4) is 0 Å². The molecule has 1 aliphatic rings. The molecule has 4 atom stereocenters. The molecule has 1 aliphatic heterocycles. The molecule has 1 rings (SSSR count). The predicted molar refractivity (Wildman–Crippen MR) is 189 cm³/mol. The summed E-state index contributed by atoms with van der Waals surface area (Å²) in [7, 11) is -4.89. The van der Waals surface area contributed by atoms with Crippen molar-refractivity contribution in [1.29, 1.82) is 0 Å². The van der Waals surface area contributed by atoms with Crippen molar-refractivity contribution in [3.8, 4) is 0 Å². The number of aliphatic carboxylic acids is 7. The number of hydrogen-bond acceptors (Lipinski definition) is 15. The van der Waals surface area contributed by atoms with Gasteiger partial charge in [-0.1, -0.05) is 0 Å². The first-order chi connectivity index (χ1) is 26.6. The van der Waals surface area contributed by atoms with Crippen LogP contribution in [0, 0.1) is 0 Å². The Morgan fingerprint density at radius 3 is 1.21 bits per heavy atom. The lowest BCUT2D eigenvalue weighted by molar-refractivity contribution is -0.143. The van der Waals surface area contributed by atoms with E-state index >= 15 is 0 Å². The number of carboxylic acid groups (broad SMARTS) is 7. The number of nitrogens with one attached hydrogen (secondary N) is 3. The Labute approximate surface area is 324 Å². The van der Waals surface area contributed by atoms with Gasteiger partial charge in [0.05, 0.1) is 32.8 Å². The highest BCUT2D eigenvalue weighted by Gasteiger charge is 2.31. The Kier molecular flexibility index (Phi) is 22.4. The molecule has 0 bridgehead atoms. The van der Waals surface area contributed by atoms with Gasteiger partial charge in [0, 0.05) is 71.6 Å². The lowest BCUT2D eigenvalue weighted by atomic mass is 10.1. The second-order valence-electron chi connectivity index (χ2n) is 12.8. The van der Waals surface area contributed by atoms with Crippen molar-refractivity contribution in [2.75, 3.05) is 85.1 Å². The minimum Gasteiger partial charge on any atom is -0.481 e. The first-order valence-electron chi connectivity index (χ1n) is 17.4. The number of rotatable bonds is 25. The summed E-state index contributed by atoms with van der Waals surface area (Å²) < 4.78 is 16.9. The van der Waals surface area contributed by atoms with Gasteiger partial charge in [0.25, 0.3) is 0 Å². The monoisotopic (exact) mass is 843 g/mol. The van der Waals surface area contributed by atoms with Gasteiger partial charge in [-0.05, 0) is 12.8 Å². The molecule has 0 saturated carbocycles. The maximum atomic E-state index is 13.1. The zero-order chi connectivity index (χ0) is 43.3. The van der Waals surface area contributed by atoms with E-state index in [9.17, 15) is 78.1 Å². The summed E-state index contributed by atoms with van der Waals surface area (Å²) in [6.07, 6.45) is -3.01. The minimum atomic E-state index is -4.89. The van der Waals surface area contributed by atoms with Gasteiger partial charge in [-0.3, -0.25) is 57.7 Å². The third kappa shape index (κ3) is 23.1. The van der Waals surface area contributed by atoms with Gasteiger partial charge in [-0.15, -0.1) is 0 Å². The molecule has 0 spiro atoms. The van der Waals surface area contributed by atoms with Crippen molar-refractivity contribution >= 4 is 61.3 Å². The third-order valence-corrected chi connectivity index (χ3v) is 9.41. The molecule has 1 saturated heterocycles. The molecule has 1 fully saturated rings. The van der Waals surface area contributed by atoms with Crippen LogP contribution in [0.15, 0.2) is 0 Å². The number of carbonyl (C=O) groups is 9. The van der Waals surface area contributed by atoms with Crippen LogP contribution in [0.2, 0.25) is 0 Å². The van der Waals surface area contributed by atoms with Gasteiger partial charge in [0.15, 0.2) is 0 Å². The first-order valence-corrected chi connectivity index (χ1v) is 18.9. The van der Waals surface area contributed by atoms with Crippen molar-refractivity contribution in [2.45, 2.75) is 50.2 Å². The number of amides is 2. The second kappa shape index (κ2) is 25.4. The van der Waals surface area contributed by atoms with Crippen LogP contribution >= 0.6 is 7.75 Å². The van der Waals surface area contributed by atoms with E-state index in [0.717, 1.165) is 0 Å². The van der Waals surface area contributed by atoms with Crippen LogP contribution in [0.5, 0.6) is 0 Å². The molecule has 0 aromatic rings. The molecule has 1 heterocycles. The smallest absolute Gasteiger partial charge is 0.403 e. The molecule has 1 unspecified atom stereocenters. The van der Waals surface area contributed by atoms with Gasteiger partial charge in [-0.25, -0.2) is 19.2 Å². The Hall–Kier alpha value is -4.82. The second-order valence-corrected chi connectivity index (χ2v) is 14.4. The average molecular weight is 844 g/mol. The fourth-order valence-corrected chi connectivity index (χ4v) is 6.39. The lowest BCUT2D eigenvalue weighted by Crippen LogP contribution is -2.51. The highest BCUT2D eigenvalue weighted by Crippen LogP contribution is 2.38. The van der Waals surface area contributed by atoms with E-state index in [2.05, 4.69) is 15.2 Å². The summed E-state index contributed by atoms with van der Waals surface area (Å²) in [4.78, 5) is 122. The van der Waals surface area contributed by atoms with Gasteiger partial charge in [0.1, 0.15) is 18.1 Å². The van der Waals surface area contributed by atoms with Crippen LogP contribution in [0.4, 0.5) is 0 Å². The highest BCUT2D eigenvalue weighted by molar-refractivity contribution is 7.50. The van der Waals surface area contributed by atoms with E-state index in [1.165, 1.54) is 9.80 Å². The standard InChI is InChI=1S/C30H50N7O19P/c38-22(31-20(29(50)51)5-14-56-57(54,55)33-21(30(52)53)2-4-24(40)41)3-1-19(28(48)49)32-23(39)15-34-6-8-35(16-25(42)43)10-12-37(18-27(46)47)13-11-36(9-7-34)17-26(44)45/h19-21H,1-18H2,(H,31,38)(H,32,39)(H,40,41)(H,42,43)(H,44,45)(H,46,47)(H,48,49)(H,50,51)(H,52,53)(H2,33,54,55)/t19-,20+,21+/m1/s1. The molecular weight excluding hydrogens is 793 g/mol. The molecule has 0 radical (unpaired) electrons. The van der Waals surface area contributed by atoms with Crippen molar-refractivity contribution in [1.82, 2.24) is 35.3 Å². The van der Waals surface area contributed by atoms with E-state index in [-0.39, 0.29) is 58.9 Å². The molecule has 26 nitrogen and oxygen atoms in total. The molecule has 27 heteroatoms. The number of carboxylic acids is 7. The highest BCUT2D eigenvalue weighted by atomic mass is 31.2. The van der Waals surface area contributed by atoms with Crippen molar-refractivity contribution in [3.05, 3.63) is 0 Å². The first kappa shape index (κ1) is 50.2. The molecule has 324 valence electrons. The Bertz CT molecular complexity index is 1450. The minimum absolute atomic E-state index is 0.0631. The Morgan fingerprint density at radius 1 is 0.491 bits per heavy atom. The molecule has 2 amide bonds. The number of carbonyl (C=O) groups excluding carboxylic acids is 2. The van der Waals surface area contributed by atoms with E-state index in [4.69, 9.17) is 10.2 Å². The quantitative estimate of drug-likeness (QED) is 0.0388. The summed E-state index contributed by atoms with van der Waals surface area (Å²) in [5.74, 6) is -11.5. The zero-order valence-corrected chi connectivity index (χ0v) is 31.7. The topological polar surface area (TPSA) is 391 Å². The summed E-state index contributed by atoms with van der Waals surface area (Å²) in [5.41, 5.74) is 0. The molecule has 57 heavy (non-hydrogen) atoms. The molecule has 0 aliphatic carbocycles. The van der Waals surface area contributed by atoms with Gasteiger partial charge in [0.2, 0.25) is 11.8 Å². The van der Waals surface area contributed by atoms with Gasteiger partial charge >= 0.3 is 49.5 Å². The van der Waals surface area contributed by atoms with Crippen LogP contribution in [-0.4, -0.2) is 217 Å². The fourth-order valence-electron chi connectivity index (χ4n) is 5.32. The summed E-state index contributed by atoms with van der Waals surface area (Å²) in [6.45, 7) is -1.59. The lowest BCUT2D eigenvalue weighted by Gasteiger charge is -2.33. The fraction of sp³-hybridized carbons (Fsp3) is 0.700. The number of hydrogen-bond donors (Lipinski definition) is 11.